The van der Waals surface area contributed by atoms with Crippen LogP contribution in [0.2, 0.25) is 0 Å². The lowest BCUT2D eigenvalue weighted by Crippen LogP contribution is -2.20. The maximum Gasteiger partial charge on any atom is 0.229 e. The predicted octanol–water partition coefficient (Wildman–Crippen LogP) is 4.13. The molecule has 0 unspecified atom stereocenters. The van der Waals surface area contributed by atoms with Crippen molar-refractivity contribution >= 4 is 21.4 Å². The Bertz CT molecular complexity index is 979. The molecule has 1 aliphatic heterocycles. The van der Waals surface area contributed by atoms with Gasteiger partial charge in [-0.05, 0) is 42.7 Å². The summed E-state index contributed by atoms with van der Waals surface area (Å²) in [5, 5.41) is 9.82. The summed E-state index contributed by atoms with van der Waals surface area (Å²) in [4.78, 5) is 2.21. The van der Waals surface area contributed by atoms with Gasteiger partial charge in [0.2, 0.25) is 10.0 Å². The van der Waals surface area contributed by atoms with Gasteiger partial charge in [-0.15, -0.1) is 12.8 Å². The molecule has 6 nitrogen and oxygen atoms in total. The highest BCUT2D eigenvalue weighted by atomic mass is 32.2. The van der Waals surface area contributed by atoms with Gasteiger partial charge >= 0.3 is 0 Å². The molecular formula is C23H29N3O3S. The molecule has 0 amide bonds. The third-order valence-corrected chi connectivity index (χ3v) is 5.04. The summed E-state index contributed by atoms with van der Waals surface area (Å²) < 4.78 is 30.5. The van der Waals surface area contributed by atoms with Crippen LogP contribution in [0.15, 0.2) is 53.3 Å². The third-order valence-electron chi connectivity index (χ3n) is 4.43. The van der Waals surface area contributed by atoms with Gasteiger partial charge in [0, 0.05) is 18.8 Å². The number of terminal acetylenes is 1. The van der Waals surface area contributed by atoms with Crippen LogP contribution < -0.4 is 4.72 Å². The lowest BCUT2D eigenvalue weighted by atomic mass is 10.0. The number of benzene rings is 1. The number of nitriles is 1. The highest BCUT2D eigenvalue weighted by Crippen LogP contribution is 2.35. The van der Waals surface area contributed by atoms with Gasteiger partial charge < -0.3 is 9.64 Å². The van der Waals surface area contributed by atoms with E-state index in [1.807, 2.05) is 31.2 Å². The fourth-order valence-electron chi connectivity index (χ4n) is 3.00. The van der Waals surface area contributed by atoms with Crippen molar-refractivity contribution in [1.82, 2.24) is 4.90 Å². The SMILES string of the molecule is C#C.CCCCN1C/C(=C\C=C(/C)OC)C(C#N)=C1c1ccc(NS(C)(=O)=O)cc1. The van der Waals surface area contributed by atoms with Crippen molar-refractivity contribution in [3.05, 3.63) is 58.9 Å². The number of allylic oxidation sites excluding steroid dienone is 3. The Hall–Kier alpha value is -3.16. The number of nitrogens with one attached hydrogen (secondary N) is 1. The molecule has 0 atom stereocenters. The quantitative estimate of drug-likeness (QED) is 0.498. The van der Waals surface area contributed by atoms with Crippen molar-refractivity contribution in [1.29, 1.82) is 5.26 Å². The summed E-state index contributed by atoms with van der Waals surface area (Å²) in [5.74, 6) is 0.773. The largest absolute Gasteiger partial charge is 0.501 e. The zero-order valence-corrected chi connectivity index (χ0v) is 18.8. The third kappa shape index (κ3) is 7.02. The van der Waals surface area contributed by atoms with Crippen molar-refractivity contribution in [3.63, 3.8) is 0 Å². The van der Waals surface area contributed by atoms with Crippen molar-refractivity contribution in [2.75, 3.05) is 31.2 Å². The van der Waals surface area contributed by atoms with E-state index in [0.717, 1.165) is 48.2 Å². The number of sulfonamides is 1. The molecule has 0 aliphatic carbocycles. The second-order valence-electron chi connectivity index (χ2n) is 6.74. The summed E-state index contributed by atoms with van der Waals surface area (Å²) in [6.45, 7) is 5.52. The minimum atomic E-state index is -3.33. The van der Waals surface area contributed by atoms with Crippen molar-refractivity contribution in [2.24, 2.45) is 0 Å². The number of hydrogen-bond acceptors (Lipinski definition) is 5. The Morgan fingerprint density at radius 1 is 1.33 bits per heavy atom. The van der Waals surface area contributed by atoms with Gasteiger partial charge in [0.25, 0.3) is 0 Å². The normalized spacial score (nSPS) is 15.4. The predicted molar refractivity (Wildman–Crippen MR) is 123 cm³/mol. The second kappa shape index (κ2) is 11.7. The first-order valence-corrected chi connectivity index (χ1v) is 11.4. The molecule has 0 fully saturated rings. The molecule has 0 bridgehead atoms. The molecular weight excluding hydrogens is 398 g/mol. The smallest absolute Gasteiger partial charge is 0.229 e. The number of methoxy groups -OCH3 is 1. The topological polar surface area (TPSA) is 82.4 Å². The maximum atomic E-state index is 11.4. The second-order valence-corrected chi connectivity index (χ2v) is 8.48. The van der Waals surface area contributed by atoms with E-state index >= 15 is 0 Å². The first kappa shape index (κ1) is 24.9. The molecule has 1 aliphatic rings. The lowest BCUT2D eigenvalue weighted by Gasteiger charge is -2.22. The van der Waals surface area contributed by atoms with Crippen LogP contribution >= 0.6 is 0 Å². The first-order valence-electron chi connectivity index (χ1n) is 9.51. The summed E-state index contributed by atoms with van der Waals surface area (Å²) >= 11 is 0. The summed E-state index contributed by atoms with van der Waals surface area (Å²) in [6.07, 6.45) is 15.0. The molecule has 2 rings (SSSR count). The molecule has 0 radical (unpaired) electrons. The van der Waals surface area contributed by atoms with E-state index < -0.39 is 10.0 Å². The van der Waals surface area contributed by atoms with Crippen molar-refractivity contribution < 1.29 is 13.2 Å². The Morgan fingerprint density at radius 3 is 2.47 bits per heavy atom. The van der Waals surface area contributed by atoms with Crippen LogP contribution in [0.3, 0.4) is 0 Å². The van der Waals surface area contributed by atoms with Crippen molar-refractivity contribution in [3.8, 4) is 18.9 Å². The van der Waals surface area contributed by atoms with Crippen LogP contribution in [0.1, 0.15) is 32.3 Å². The minimum Gasteiger partial charge on any atom is -0.501 e. The average molecular weight is 428 g/mol. The monoisotopic (exact) mass is 427 g/mol. The van der Waals surface area contributed by atoms with Gasteiger partial charge in [0.05, 0.1) is 30.4 Å². The average Bonchev–Trinajstić information content (AvgIpc) is 3.08. The summed E-state index contributed by atoms with van der Waals surface area (Å²) in [5.41, 5.74) is 3.86. The maximum absolute atomic E-state index is 11.4. The highest BCUT2D eigenvalue weighted by Gasteiger charge is 2.27. The van der Waals surface area contributed by atoms with Gasteiger partial charge in [-0.1, -0.05) is 31.6 Å². The van der Waals surface area contributed by atoms with E-state index in [-0.39, 0.29) is 0 Å². The molecule has 1 aromatic carbocycles. The highest BCUT2D eigenvalue weighted by molar-refractivity contribution is 7.92. The molecule has 1 aromatic rings. The molecule has 7 heteroatoms. The number of unbranched alkanes of at least 4 members (excludes halogenated alkanes) is 1. The van der Waals surface area contributed by atoms with Crippen LogP contribution in [0, 0.1) is 24.2 Å². The zero-order valence-electron chi connectivity index (χ0n) is 18.0. The Kier molecular flexibility index (Phi) is 9.74. The van der Waals surface area contributed by atoms with Crippen LogP contribution in [-0.2, 0) is 14.8 Å². The number of ether oxygens (including phenoxy) is 1. The molecule has 0 saturated heterocycles. The van der Waals surface area contributed by atoms with Gasteiger partial charge in [-0.3, -0.25) is 4.72 Å². The number of hydrogen-bond donors (Lipinski definition) is 1. The number of rotatable bonds is 8. The van der Waals surface area contributed by atoms with Gasteiger partial charge in [0.1, 0.15) is 6.07 Å². The first-order chi connectivity index (χ1) is 14.3. The van der Waals surface area contributed by atoms with Gasteiger partial charge in [-0.2, -0.15) is 5.26 Å². The molecule has 1 N–H and O–H groups in total. The molecule has 0 saturated carbocycles. The van der Waals surface area contributed by atoms with E-state index in [2.05, 4.69) is 35.5 Å². The van der Waals surface area contributed by atoms with E-state index in [4.69, 9.17) is 4.74 Å². The van der Waals surface area contributed by atoms with Gasteiger partial charge in [0.15, 0.2) is 0 Å². The zero-order chi connectivity index (χ0) is 22.7. The molecule has 160 valence electrons. The molecule has 30 heavy (non-hydrogen) atoms. The molecule has 0 aromatic heterocycles. The number of anilines is 1. The van der Waals surface area contributed by atoms with Crippen LogP contribution in [0.4, 0.5) is 5.69 Å². The van der Waals surface area contributed by atoms with E-state index in [9.17, 15) is 13.7 Å². The lowest BCUT2D eigenvalue weighted by molar-refractivity contribution is 0.293. The number of nitrogens with zero attached hydrogens (tertiary/aromatic N) is 2. The Balaban J connectivity index is 0.00000218. The van der Waals surface area contributed by atoms with E-state index in [1.54, 1.807) is 19.2 Å². The van der Waals surface area contributed by atoms with Crippen LogP contribution in [0.25, 0.3) is 5.70 Å². The Labute approximate surface area is 180 Å². The summed E-state index contributed by atoms with van der Waals surface area (Å²) in [7, 11) is -1.71. The van der Waals surface area contributed by atoms with E-state index in [1.165, 1.54) is 0 Å². The standard InChI is InChI=1S/C21H27N3O3S.C2H2/c1-5-6-13-24-15-18(8-7-16(2)27-3)20(14-22)21(24)17-9-11-19(12-10-17)23-28(4,25)26;1-2/h7-12,23H,5-6,13,15H2,1-4H3;1-2H/b16-7+,18-8+;. The van der Waals surface area contributed by atoms with Gasteiger partial charge in [-0.25, -0.2) is 8.42 Å². The van der Waals surface area contributed by atoms with Crippen LogP contribution in [0.5, 0.6) is 0 Å². The fraction of sp³-hybridized carbons (Fsp3) is 0.348. The van der Waals surface area contributed by atoms with Crippen LogP contribution in [-0.4, -0.2) is 39.8 Å². The fourth-order valence-corrected chi connectivity index (χ4v) is 3.56. The minimum absolute atomic E-state index is 0.498. The molecule has 1 heterocycles. The van der Waals surface area contributed by atoms with E-state index in [0.29, 0.717) is 17.8 Å². The molecule has 0 spiro atoms. The Morgan fingerprint density at radius 2 is 1.97 bits per heavy atom. The summed E-state index contributed by atoms with van der Waals surface area (Å²) in [6, 6.07) is 9.47. The van der Waals surface area contributed by atoms with Crippen molar-refractivity contribution in [2.45, 2.75) is 26.7 Å².